The summed E-state index contributed by atoms with van der Waals surface area (Å²) in [7, 11) is 0. The van der Waals surface area contributed by atoms with Crippen molar-refractivity contribution in [2.45, 2.75) is 13.8 Å². The summed E-state index contributed by atoms with van der Waals surface area (Å²) in [4.78, 5) is 11.7. The molecule has 0 aliphatic carbocycles. The number of nitrogens with zero attached hydrogens (tertiary/aromatic N) is 1. The van der Waals surface area contributed by atoms with Crippen LogP contribution in [0.3, 0.4) is 0 Å². The van der Waals surface area contributed by atoms with Crippen LogP contribution in [0.15, 0.2) is 23.4 Å². The lowest BCUT2D eigenvalue weighted by Crippen LogP contribution is -2.32. The van der Waals surface area contributed by atoms with Gasteiger partial charge < -0.3 is 16.3 Å². The number of oxime groups is 1. The van der Waals surface area contributed by atoms with E-state index >= 15 is 0 Å². The van der Waals surface area contributed by atoms with Gasteiger partial charge in [0.05, 0.1) is 5.92 Å². The van der Waals surface area contributed by atoms with E-state index in [2.05, 4.69) is 10.5 Å². The van der Waals surface area contributed by atoms with E-state index in [-0.39, 0.29) is 11.7 Å². The summed E-state index contributed by atoms with van der Waals surface area (Å²) >= 11 is 0. The highest BCUT2D eigenvalue weighted by Crippen LogP contribution is 2.16. The second kappa shape index (κ2) is 5.29. The molecule has 0 bridgehead atoms. The van der Waals surface area contributed by atoms with Crippen molar-refractivity contribution < 1.29 is 14.4 Å². The Morgan fingerprint density at radius 2 is 2.24 bits per heavy atom. The Kier molecular flexibility index (Phi) is 4.03. The second-order valence-corrected chi connectivity index (χ2v) is 3.70. The highest BCUT2D eigenvalue weighted by atomic mass is 19.1. The fraction of sp³-hybridized carbons (Fsp3) is 0.273. The molecular formula is C11H14FN3O2. The number of halogens is 1. The van der Waals surface area contributed by atoms with Crippen molar-refractivity contribution in [1.29, 1.82) is 0 Å². The Labute approximate surface area is 98.1 Å². The maximum atomic E-state index is 12.8. The molecule has 0 saturated heterocycles. The summed E-state index contributed by atoms with van der Waals surface area (Å²) in [6.45, 7) is 3.18. The van der Waals surface area contributed by atoms with Gasteiger partial charge in [0.15, 0.2) is 5.84 Å². The molecule has 6 heteroatoms. The van der Waals surface area contributed by atoms with E-state index in [1.165, 1.54) is 25.1 Å². The van der Waals surface area contributed by atoms with Crippen molar-refractivity contribution in [2.24, 2.45) is 16.8 Å². The van der Waals surface area contributed by atoms with E-state index < -0.39 is 11.8 Å². The van der Waals surface area contributed by atoms with Crippen LogP contribution >= 0.6 is 0 Å². The predicted molar refractivity (Wildman–Crippen MR) is 62.3 cm³/mol. The van der Waals surface area contributed by atoms with Crippen molar-refractivity contribution in [3.8, 4) is 0 Å². The average molecular weight is 239 g/mol. The maximum absolute atomic E-state index is 12.8. The van der Waals surface area contributed by atoms with Crippen LogP contribution in [0, 0.1) is 18.7 Å². The maximum Gasteiger partial charge on any atom is 0.234 e. The highest BCUT2D eigenvalue weighted by Gasteiger charge is 2.18. The molecule has 17 heavy (non-hydrogen) atoms. The standard InChI is InChI=1S/C11H14FN3O2/c1-6-5-8(12)3-4-9(6)14-11(16)7(2)10(13)15-17/h3-5,7,17H,1-2H3,(H2,13,15)(H,14,16). The molecule has 1 atom stereocenters. The van der Waals surface area contributed by atoms with Crippen molar-refractivity contribution >= 4 is 17.4 Å². The summed E-state index contributed by atoms with van der Waals surface area (Å²) in [5.41, 5.74) is 6.41. The molecule has 0 fully saturated rings. The Bertz CT molecular complexity index is 460. The molecule has 0 aliphatic heterocycles. The summed E-state index contributed by atoms with van der Waals surface area (Å²) in [6, 6.07) is 4.02. The zero-order valence-corrected chi connectivity index (χ0v) is 9.57. The molecule has 4 N–H and O–H groups in total. The van der Waals surface area contributed by atoms with Gasteiger partial charge in [0.2, 0.25) is 5.91 Å². The van der Waals surface area contributed by atoms with Gasteiger partial charge in [-0.2, -0.15) is 0 Å². The third-order valence-electron chi connectivity index (χ3n) is 2.40. The van der Waals surface area contributed by atoms with Crippen LogP contribution in [0.25, 0.3) is 0 Å². The van der Waals surface area contributed by atoms with Crippen LogP contribution in [-0.2, 0) is 4.79 Å². The van der Waals surface area contributed by atoms with E-state index in [0.29, 0.717) is 11.3 Å². The highest BCUT2D eigenvalue weighted by molar-refractivity contribution is 6.07. The Balaban J connectivity index is 2.81. The van der Waals surface area contributed by atoms with Crippen molar-refractivity contribution in [3.63, 3.8) is 0 Å². The molecule has 0 aliphatic rings. The minimum Gasteiger partial charge on any atom is -0.409 e. The summed E-state index contributed by atoms with van der Waals surface area (Å²) < 4.78 is 12.8. The van der Waals surface area contributed by atoms with Gasteiger partial charge in [-0.15, -0.1) is 0 Å². The van der Waals surface area contributed by atoms with E-state index in [9.17, 15) is 9.18 Å². The number of aryl methyl sites for hydroxylation is 1. The van der Waals surface area contributed by atoms with E-state index in [1.807, 2.05) is 0 Å². The topological polar surface area (TPSA) is 87.7 Å². The van der Waals surface area contributed by atoms with Crippen LogP contribution in [0.5, 0.6) is 0 Å². The molecule has 1 rings (SSSR count). The molecule has 0 radical (unpaired) electrons. The summed E-state index contributed by atoms with van der Waals surface area (Å²) in [6.07, 6.45) is 0. The number of amidine groups is 1. The fourth-order valence-electron chi connectivity index (χ4n) is 1.23. The Morgan fingerprint density at radius 1 is 1.59 bits per heavy atom. The molecule has 1 amide bonds. The summed E-state index contributed by atoms with van der Waals surface area (Å²) in [5, 5.41) is 13.8. The number of hydrogen-bond donors (Lipinski definition) is 3. The van der Waals surface area contributed by atoms with Crippen LogP contribution in [0.2, 0.25) is 0 Å². The van der Waals surface area contributed by atoms with E-state index in [4.69, 9.17) is 10.9 Å². The zero-order chi connectivity index (χ0) is 13.0. The molecule has 0 aromatic heterocycles. The van der Waals surface area contributed by atoms with Gasteiger partial charge in [-0.1, -0.05) is 5.16 Å². The minimum atomic E-state index is -0.760. The third-order valence-corrected chi connectivity index (χ3v) is 2.40. The first-order valence-corrected chi connectivity index (χ1v) is 5.00. The first-order valence-electron chi connectivity index (χ1n) is 5.00. The van der Waals surface area contributed by atoms with Gasteiger partial charge in [0.1, 0.15) is 5.82 Å². The predicted octanol–water partition coefficient (Wildman–Crippen LogP) is 1.46. The SMILES string of the molecule is Cc1cc(F)ccc1NC(=O)C(C)C(N)=NO. The van der Waals surface area contributed by atoms with Crippen LogP contribution < -0.4 is 11.1 Å². The number of rotatable bonds is 3. The van der Waals surface area contributed by atoms with Gasteiger partial charge in [-0.3, -0.25) is 4.79 Å². The summed E-state index contributed by atoms with van der Waals surface area (Å²) in [5.74, 6) is -1.73. The molecule has 1 aromatic rings. The Morgan fingerprint density at radius 3 is 2.76 bits per heavy atom. The lowest BCUT2D eigenvalue weighted by molar-refractivity contribution is -0.117. The molecule has 0 spiro atoms. The number of anilines is 1. The number of nitrogens with one attached hydrogen (secondary N) is 1. The number of benzene rings is 1. The number of carbonyl (C=O) groups is 1. The van der Waals surface area contributed by atoms with Crippen LogP contribution in [0.4, 0.5) is 10.1 Å². The number of carbonyl (C=O) groups excluding carboxylic acids is 1. The second-order valence-electron chi connectivity index (χ2n) is 3.70. The van der Waals surface area contributed by atoms with Crippen molar-refractivity contribution in [2.75, 3.05) is 5.32 Å². The minimum absolute atomic E-state index is 0.178. The lowest BCUT2D eigenvalue weighted by atomic mass is 10.1. The largest absolute Gasteiger partial charge is 0.409 e. The molecule has 0 saturated carbocycles. The zero-order valence-electron chi connectivity index (χ0n) is 9.57. The molecule has 1 unspecified atom stereocenters. The third kappa shape index (κ3) is 3.17. The average Bonchev–Trinajstić information content (AvgIpc) is 2.30. The van der Waals surface area contributed by atoms with Gasteiger partial charge in [-0.25, -0.2) is 4.39 Å². The number of amides is 1. The first-order chi connectivity index (χ1) is 7.95. The van der Waals surface area contributed by atoms with E-state index in [0.717, 1.165) is 0 Å². The Hall–Kier alpha value is -2.11. The van der Waals surface area contributed by atoms with Crippen molar-refractivity contribution in [3.05, 3.63) is 29.6 Å². The van der Waals surface area contributed by atoms with Crippen molar-refractivity contribution in [1.82, 2.24) is 0 Å². The number of hydrogen-bond acceptors (Lipinski definition) is 3. The van der Waals surface area contributed by atoms with E-state index in [1.54, 1.807) is 6.92 Å². The monoisotopic (exact) mass is 239 g/mol. The number of nitrogens with two attached hydrogens (primary N) is 1. The lowest BCUT2D eigenvalue weighted by Gasteiger charge is -2.12. The van der Waals surface area contributed by atoms with Gasteiger partial charge in [0, 0.05) is 5.69 Å². The van der Waals surface area contributed by atoms with Crippen LogP contribution in [-0.4, -0.2) is 17.0 Å². The molecule has 5 nitrogen and oxygen atoms in total. The first kappa shape index (κ1) is 13.0. The van der Waals surface area contributed by atoms with Gasteiger partial charge >= 0.3 is 0 Å². The van der Waals surface area contributed by atoms with Gasteiger partial charge in [0.25, 0.3) is 0 Å². The quantitative estimate of drug-likeness (QED) is 0.323. The molecule has 1 aromatic carbocycles. The van der Waals surface area contributed by atoms with Gasteiger partial charge in [-0.05, 0) is 37.6 Å². The molecular weight excluding hydrogens is 225 g/mol. The van der Waals surface area contributed by atoms with Crippen LogP contribution in [0.1, 0.15) is 12.5 Å². The molecule has 92 valence electrons. The fourth-order valence-corrected chi connectivity index (χ4v) is 1.23. The smallest absolute Gasteiger partial charge is 0.234 e. The normalized spacial score (nSPS) is 13.2. The molecule has 0 heterocycles.